The highest BCUT2D eigenvalue weighted by Gasteiger charge is 2.30. The predicted molar refractivity (Wildman–Crippen MR) is 62.5 cm³/mol. The van der Waals surface area contributed by atoms with Gasteiger partial charge in [-0.05, 0) is 12.8 Å². The zero-order valence-corrected chi connectivity index (χ0v) is 10.1. The average Bonchev–Trinajstić information content (AvgIpc) is 2.81. The Labute approximate surface area is 98.9 Å². The van der Waals surface area contributed by atoms with Gasteiger partial charge >= 0.3 is 0 Å². The van der Waals surface area contributed by atoms with Crippen molar-refractivity contribution in [2.45, 2.75) is 37.8 Å². The van der Waals surface area contributed by atoms with Gasteiger partial charge in [-0.2, -0.15) is 0 Å². The van der Waals surface area contributed by atoms with E-state index in [4.69, 9.17) is 0 Å². The summed E-state index contributed by atoms with van der Waals surface area (Å²) in [7, 11) is 1.75. The van der Waals surface area contributed by atoms with E-state index in [9.17, 15) is 9.90 Å². The van der Waals surface area contributed by atoms with Crippen molar-refractivity contribution >= 4 is 17.2 Å². The summed E-state index contributed by atoms with van der Waals surface area (Å²) < 4.78 is 0. The molecule has 88 valence electrons. The van der Waals surface area contributed by atoms with Crippen molar-refractivity contribution in [3.63, 3.8) is 0 Å². The summed E-state index contributed by atoms with van der Waals surface area (Å²) in [6.07, 6.45) is 3.42. The number of hydrogen-bond acceptors (Lipinski definition) is 4. The van der Waals surface area contributed by atoms with Gasteiger partial charge in [-0.15, -0.1) is 11.3 Å². The molecule has 1 fully saturated rings. The van der Waals surface area contributed by atoms with Crippen LogP contribution in [0.5, 0.6) is 0 Å². The number of nitrogens with zero attached hydrogens (tertiary/aromatic N) is 2. The molecule has 1 aromatic heterocycles. The third-order valence-corrected chi connectivity index (χ3v) is 3.75. The third kappa shape index (κ3) is 2.25. The average molecular weight is 240 g/mol. The summed E-state index contributed by atoms with van der Waals surface area (Å²) in [4.78, 5) is 17.7. The quantitative estimate of drug-likeness (QED) is 0.852. The molecule has 1 aliphatic rings. The van der Waals surface area contributed by atoms with Crippen molar-refractivity contribution < 1.29 is 9.90 Å². The summed E-state index contributed by atoms with van der Waals surface area (Å²) in [6, 6.07) is -0.0528. The van der Waals surface area contributed by atoms with Crippen molar-refractivity contribution in [1.82, 2.24) is 9.88 Å². The minimum atomic E-state index is -0.388. The molecule has 1 saturated carbocycles. The fraction of sp³-hybridized carbons (Fsp3) is 0.636. The molecule has 1 aliphatic carbocycles. The first-order valence-corrected chi connectivity index (χ1v) is 6.48. The largest absolute Gasteiger partial charge is 0.391 e. The molecule has 1 N–H and O–H groups in total. The monoisotopic (exact) mass is 240 g/mol. The Bertz CT molecular complexity index is 353. The fourth-order valence-corrected chi connectivity index (χ4v) is 2.72. The topological polar surface area (TPSA) is 53.4 Å². The van der Waals surface area contributed by atoms with Crippen LogP contribution >= 0.6 is 11.3 Å². The molecule has 0 aliphatic heterocycles. The normalized spacial score (nSPS) is 25.4. The van der Waals surface area contributed by atoms with Gasteiger partial charge in [-0.3, -0.25) is 4.79 Å². The maximum absolute atomic E-state index is 12.0. The maximum Gasteiger partial charge on any atom is 0.273 e. The van der Waals surface area contributed by atoms with Gasteiger partial charge in [0.1, 0.15) is 5.69 Å². The molecule has 0 aromatic carbocycles. The van der Waals surface area contributed by atoms with E-state index >= 15 is 0 Å². The van der Waals surface area contributed by atoms with E-state index in [0.29, 0.717) is 5.69 Å². The minimum absolute atomic E-state index is 0.0528. The van der Waals surface area contributed by atoms with Crippen LogP contribution < -0.4 is 0 Å². The summed E-state index contributed by atoms with van der Waals surface area (Å²) in [5, 5.41) is 11.6. The smallest absolute Gasteiger partial charge is 0.273 e. The minimum Gasteiger partial charge on any atom is -0.391 e. The SMILES string of the molecule is CN(C(=O)c1cscn1)C1CCCCC1O. The molecule has 0 bridgehead atoms. The molecule has 0 saturated heterocycles. The van der Waals surface area contributed by atoms with Gasteiger partial charge < -0.3 is 10.0 Å². The van der Waals surface area contributed by atoms with Crippen LogP contribution in [0, 0.1) is 0 Å². The second-order valence-electron chi connectivity index (χ2n) is 4.21. The lowest BCUT2D eigenvalue weighted by Crippen LogP contribution is -2.46. The number of carbonyl (C=O) groups is 1. The van der Waals surface area contributed by atoms with Gasteiger partial charge in [0.05, 0.1) is 17.7 Å². The van der Waals surface area contributed by atoms with Crippen molar-refractivity contribution in [3.8, 4) is 0 Å². The molecule has 2 rings (SSSR count). The Balaban J connectivity index is 2.06. The maximum atomic E-state index is 12.0. The molecule has 4 nitrogen and oxygen atoms in total. The molecule has 0 radical (unpaired) electrons. The molecule has 0 spiro atoms. The first-order chi connectivity index (χ1) is 7.70. The second kappa shape index (κ2) is 4.93. The van der Waals surface area contributed by atoms with Gasteiger partial charge in [-0.25, -0.2) is 4.98 Å². The first-order valence-electron chi connectivity index (χ1n) is 5.53. The van der Waals surface area contributed by atoms with E-state index in [-0.39, 0.29) is 18.1 Å². The van der Waals surface area contributed by atoms with Crippen LogP contribution in [0.1, 0.15) is 36.2 Å². The number of rotatable bonds is 2. The number of aliphatic hydroxyl groups excluding tert-OH is 1. The lowest BCUT2D eigenvalue weighted by molar-refractivity contribution is 0.0265. The van der Waals surface area contributed by atoms with Crippen LogP contribution in [0.2, 0.25) is 0 Å². The fourth-order valence-electron chi connectivity index (χ4n) is 2.19. The highest BCUT2D eigenvalue weighted by Crippen LogP contribution is 2.23. The zero-order chi connectivity index (χ0) is 11.5. The van der Waals surface area contributed by atoms with Gasteiger partial charge in [0, 0.05) is 12.4 Å². The first kappa shape index (κ1) is 11.5. The van der Waals surface area contributed by atoms with Gasteiger partial charge in [-0.1, -0.05) is 12.8 Å². The number of aliphatic hydroxyl groups is 1. The summed E-state index contributed by atoms with van der Waals surface area (Å²) in [5.41, 5.74) is 2.13. The van der Waals surface area contributed by atoms with Crippen LogP contribution in [-0.2, 0) is 0 Å². The van der Waals surface area contributed by atoms with Gasteiger partial charge in [0.15, 0.2) is 0 Å². The Morgan fingerprint density at radius 3 is 2.94 bits per heavy atom. The van der Waals surface area contributed by atoms with Crippen molar-refractivity contribution in [2.75, 3.05) is 7.05 Å². The van der Waals surface area contributed by atoms with Gasteiger partial charge in [0.2, 0.25) is 0 Å². The van der Waals surface area contributed by atoms with Gasteiger partial charge in [0.25, 0.3) is 5.91 Å². The van der Waals surface area contributed by atoms with E-state index in [1.165, 1.54) is 11.3 Å². The number of hydrogen-bond donors (Lipinski definition) is 1. The van der Waals surface area contributed by atoms with Crippen molar-refractivity contribution in [1.29, 1.82) is 0 Å². The van der Waals surface area contributed by atoms with Crippen LogP contribution in [0.3, 0.4) is 0 Å². The predicted octanol–water partition coefficient (Wildman–Crippen LogP) is 1.52. The Hall–Kier alpha value is -0.940. The highest BCUT2D eigenvalue weighted by molar-refractivity contribution is 7.07. The molecule has 1 amide bonds. The summed E-state index contributed by atoms with van der Waals surface area (Å²) in [6.45, 7) is 0. The Morgan fingerprint density at radius 1 is 1.56 bits per heavy atom. The number of aromatic nitrogens is 1. The molecule has 2 atom stereocenters. The summed E-state index contributed by atoms with van der Waals surface area (Å²) >= 11 is 1.41. The third-order valence-electron chi connectivity index (χ3n) is 3.16. The van der Waals surface area contributed by atoms with Crippen LogP contribution in [-0.4, -0.2) is 40.1 Å². The Morgan fingerprint density at radius 2 is 2.31 bits per heavy atom. The number of amides is 1. The van der Waals surface area contributed by atoms with Crippen molar-refractivity contribution in [3.05, 3.63) is 16.6 Å². The van der Waals surface area contributed by atoms with E-state index in [1.807, 2.05) is 0 Å². The van der Waals surface area contributed by atoms with Crippen LogP contribution in [0.4, 0.5) is 0 Å². The second-order valence-corrected chi connectivity index (χ2v) is 4.93. The molecular formula is C11H16N2O2S. The van der Waals surface area contributed by atoms with E-state index in [0.717, 1.165) is 25.7 Å². The zero-order valence-electron chi connectivity index (χ0n) is 9.30. The molecular weight excluding hydrogens is 224 g/mol. The highest BCUT2D eigenvalue weighted by atomic mass is 32.1. The van der Waals surface area contributed by atoms with Crippen molar-refractivity contribution in [2.24, 2.45) is 0 Å². The van der Waals surface area contributed by atoms with E-state index in [1.54, 1.807) is 22.8 Å². The number of carbonyl (C=O) groups excluding carboxylic acids is 1. The Kier molecular flexibility index (Phi) is 3.56. The lowest BCUT2D eigenvalue weighted by Gasteiger charge is -2.34. The van der Waals surface area contributed by atoms with Crippen LogP contribution in [0.15, 0.2) is 10.9 Å². The molecule has 1 heterocycles. The molecule has 1 aromatic rings. The van der Waals surface area contributed by atoms with Crippen LogP contribution in [0.25, 0.3) is 0 Å². The molecule has 2 unspecified atom stereocenters. The van der Waals surface area contributed by atoms with E-state index in [2.05, 4.69) is 4.98 Å². The molecule has 5 heteroatoms. The van der Waals surface area contributed by atoms with E-state index < -0.39 is 0 Å². The molecule has 16 heavy (non-hydrogen) atoms. The number of likely N-dealkylation sites (N-methyl/N-ethyl adjacent to an activating group) is 1. The summed E-state index contributed by atoms with van der Waals surface area (Å²) in [5.74, 6) is -0.0906. The lowest BCUT2D eigenvalue weighted by atomic mass is 9.91. The standard InChI is InChI=1S/C11H16N2O2S/c1-13(9-4-2-3-5-10(9)14)11(15)8-6-16-7-12-8/h6-7,9-10,14H,2-5H2,1H3. The number of thiazole rings is 1.